The maximum absolute atomic E-state index is 9.09. The standard InChI is InChI=1S/C31H21N7/c32-34-33-20-35-17-18-36-30(38-27-15-7-3-11-23(27)24-12-4-8-16-28(24)38)19-29(31(35)36)37-25-13-5-1-9-21(25)22-10-2-6-14-26(22)37/h1-19H,20H2. The molecule has 180 valence electrons. The molecule has 0 unspecified atom stereocenters. The van der Waals surface area contributed by atoms with Gasteiger partial charge < -0.3 is 9.13 Å². The highest BCUT2D eigenvalue weighted by molar-refractivity contribution is 6.11. The number of hydrogen-bond donors (Lipinski definition) is 0. The van der Waals surface area contributed by atoms with Crippen LogP contribution in [0.15, 0.2) is 121 Å². The molecular weight excluding hydrogens is 470 g/mol. The van der Waals surface area contributed by atoms with E-state index in [0.29, 0.717) is 0 Å². The summed E-state index contributed by atoms with van der Waals surface area (Å²) in [7, 11) is 0. The second-order valence-electron chi connectivity index (χ2n) is 9.46. The predicted molar refractivity (Wildman–Crippen MR) is 153 cm³/mol. The number of benzene rings is 4. The normalized spacial score (nSPS) is 11.8. The molecule has 4 heterocycles. The average molecular weight is 492 g/mol. The van der Waals surface area contributed by atoms with Crippen molar-refractivity contribution in [2.24, 2.45) is 5.11 Å². The highest BCUT2D eigenvalue weighted by Crippen LogP contribution is 2.38. The molecule has 4 aromatic carbocycles. The van der Waals surface area contributed by atoms with Crippen LogP contribution in [0.25, 0.3) is 71.2 Å². The Bertz CT molecular complexity index is 2120. The minimum absolute atomic E-state index is 0.202. The maximum atomic E-state index is 9.09. The fraction of sp³-hybridized carbons (Fsp3) is 0.0323. The van der Waals surface area contributed by atoms with Crippen LogP contribution in [0.4, 0.5) is 0 Å². The van der Waals surface area contributed by atoms with E-state index in [1.54, 1.807) is 0 Å². The Kier molecular flexibility index (Phi) is 4.26. The van der Waals surface area contributed by atoms with Gasteiger partial charge in [-0.15, -0.1) is 0 Å². The topological polar surface area (TPSA) is 68.0 Å². The summed E-state index contributed by atoms with van der Waals surface area (Å²) >= 11 is 0. The van der Waals surface area contributed by atoms with E-state index in [-0.39, 0.29) is 6.67 Å². The van der Waals surface area contributed by atoms with E-state index in [4.69, 9.17) is 5.53 Å². The van der Waals surface area contributed by atoms with Gasteiger partial charge in [-0.3, -0.25) is 8.97 Å². The zero-order valence-electron chi connectivity index (χ0n) is 20.3. The molecule has 0 saturated heterocycles. The zero-order valence-corrected chi connectivity index (χ0v) is 20.3. The molecule has 0 N–H and O–H groups in total. The van der Waals surface area contributed by atoms with Gasteiger partial charge >= 0.3 is 0 Å². The number of hydrogen-bond acceptors (Lipinski definition) is 1. The summed E-state index contributed by atoms with van der Waals surface area (Å²) in [6.45, 7) is 0.202. The number of azide groups is 1. The first kappa shape index (κ1) is 20.8. The first-order chi connectivity index (χ1) is 18.8. The van der Waals surface area contributed by atoms with Crippen LogP contribution in [0, 0.1) is 0 Å². The Balaban J connectivity index is 1.55. The van der Waals surface area contributed by atoms with Crippen LogP contribution in [0.5, 0.6) is 0 Å². The predicted octanol–water partition coefficient (Wildman–Crippen LogP) is 8.20. The fourth-order valence-corrected chi connectivity index (χ4v) is 6.04. The Labute approximate surface area is 216 Å². The van der Waals surface area contributed by atoms with Gasteiger partial charge in [0.05, 0.1) is 27.8 Å². The van der Waals surface area contributed by atoms with Crippen LogP contribution in [0.3, 0.4) is 0 Å². The third kappa shape index (κ3) is 2.70. The first-order valence-corrected chi connectivity index (χ1v) is 12.5. The lowest BCUT2D eigenvalue weighted by Gasteiger charge is -2.08. The average Bonchev–Trinajstić information content (AvgIpc) is 3.71. The second-order valence-corrected chi connectivity index (χ2v) is 9.46. The van der Waals surface area contributed by atoms with Crippen LogP contribution in [0.2, 0.25) is 0 Å². The fourth-order valence-electron chi connectivity index (χ4n) is 6.04. The Hall–Kier alpha value is -5.39. The lowest BCUT2D eigenvalue weighted by atomic mass is 10.2. The van der Waals surface area contributed by atoms with Crippen molar-refractivity contribution < 1.29 is 0 Å². The minimum Gasteiger partial charge on any atom is -0.325 e. The molecule has 4 aromatic heterocycles. The zero-order chi connectivity index (χ0) is 25.2. The van der Waals surface area contributed by atoms with Gasteiger partial charge in [0.1, 0.15) is 18.1 Å². The SMILES string of the molecule is [N-]=[N+]=NCn1ccn2c(-n3c4ccccc4c4ccccc43)cc(-n3c4ccccc4c4ccccc43)c12. The Morgan fingerprint density at radius 2 is 1.08 bits per heavy atom. The summed E-state index contributed by atoms with van der Waals surface area (Å²) in [4.78, 5) is 3.03. The Morgan fingerprint density at radius 3 is 1.58 bits per heavy atom. The van der Waals surface area contributed by atoms with Crippen LogP contribution < -0.4 is 0 Å². The van der Waals surface area contributed by atoms with E-state index >= 15 is 0 Å². The molecule has 0 fully saturated rings. The van der Waals surface area contributed by atoms with Crippen molar-refractivity contribution in [2.45, 2.75) is 6.67 Å². The third-order valence-electron chi connectivity index (χ3n) is 7.55. The van der Waals surface area contributed by atoms with E-state index in [1.807, 2.05) is 10.8 Å². The molecule has 0 spiro atoms. The molecule has 0 aliphatic rings. The molecule has 8 aromatic rings. The summed E-state index contributed by atoms with van der Waals surface area (Å²) in [5.74, 6) is 1.02. The summed E-state index contributed by atoms with van der Waals surface area (Å²) in [5.41, 5.74) is 15.6. The van der Waals surface area contributed by atoms with Gasteiger partial charge in [0.25, 0.3) is 0 Å². The van der Waals surface area contributed by atoms with E-state index in [2.05, 4.69) is 133 Å². The molecule has 7 heteroatoms. The minimum atomic E-state index is 0.202. The molecule has 8 rings (SSSR count). The smallest absolute Gasteiger partial charge is 0.143 e. The lowest BCUT2D eigenvalue weighted by molar-refractivity contribution is 0.751. The highest BCUT2D eigenvalue weighted by atomic mass is 15.3. The molecule has 7 nitrogen and oxygen atoms in total. The number of nitrogens with zero attached hydrogens (tertiary/aromatic N) is 7. The molecule has 0 amide bonds. The summed E-state index contributed by atoms with van der Waals surface area (Å²) in [5, 5.41) is 8.73. The van der Waals surface area contributed by atoms with Crippen molar-refractivity contribution >= 4 is 49.3 Å². The second kappa shape index (κ2) is 7.80. The molecule has 0 radical (unpaired) electrons. The number of para-hydroxylation sites is 4. The number of aromatic nitrogens is 4. The van der Waals surface area contributed by atoms with Gasteiger partial charge in [0.15, 0.2) is 0 Å². The molecular formula is C31H21N7. The van der Waals surface area contributed by atoms with Gasteiger partial charge in [-0.1, -0.05) is 77.9 Å². The van der Waals surface area contributed by atoms with Crippen LogP contribution in [-0.2, 0) is 6.67 Å². The maximum Gasteiger partial charge on any atom is 0.143 e. The van der Waals surface area contributed by atoms with Crippen molar-refractivity contribution in [1.29, 1.82) is 0 Å². The van der Waals surface area contributed by atoms with E-state index in [1.165, 1.54) is 21.5 Å². The van der Waals surface area contributed by atoms with Crippen molar-refractivity contribution in [2.75, 3.05) is 0 Å². The highest BCUT2D eigenvalue weighted by Gasteiger charge is 2.22. The van der Waals surface area contributed by atoms with E-state index in [9.17, 15) is 0 Å². The number of fused-ring (bicyclic) bond motifs is 7. The Morgan fingerprint density at radius 1 is 0.605 bits per heavy atom. The van der Waals surface area contributed by atoms with Gasteiger partial charge in [-0.2, -0.15) is 0 Å². The van der Waals surface area contributed by atoms with Crippen molar-refractivity contribution in [3.8, 4) is 11.5 Å². The summed E-state index contributed by atoms with van der Waals surface area (Å²) < 4.78 is 8.86. The molecule has 0 aliphatic heterocycles. The van der Waals surface area contributed by atoms with Crippen LogP contribution >= 0.6 is 0 Å². The third-order valence-corrected chi connectivity index (χ3v) is 7.55. The number of rotatable bonds is 4. The molecule has 38 heavy (non-hydrogen) atoms. The molecule has 0 bridgehead atoms. The van der Waals surface area contributed by atoms with Crippen molar-refractivity contribution in [3.63, 3.8) is 0 Å². The van der Waals surface area contributed by atoms with Gasteiger partial charge in [0.2, 0.25) is 0 Å². The van der Waals surface area contributed by atoms with Gasteiger partial charge in [0, 0.05) is 44.9 Å². The first-order valence-electron chi connectivity index (χ1n) is 12.5. The quantitative estimate of drug-likeness (QED) is 0.135. The van der Waals surface area contributed by atoms with Gasteiger partial charge in [-0.05, 0) is 29.8 Å². The monoisotopic (exact) mass is 491 g/mol. The van der Waals surface area contributed by atoms with Crippen LogP contribution in [-0.4, -0.2) is 18.1 Å². The van der Waals surface area contributed by atoms with E-state index < -0.39 is 0 Å². The van der Waals surface area contributed by atoms with Crippen LogP contribution in [0.1, 0.15) is 0 Å². The largest absolute Gasteiger partial charge is 0.325 e. The molecule has 0 saturated carbocycles. The van der Waals surface area contributed by atoms with Crippen molar-refractivity contribution in [3.05, 3.63) is 126 Å². The van der Waals surface area contributed by atoms with Crippen molar-refractivity contribution in [1.82, 2.24) is 18.1 Å². The summed E-state index contributed by atoms with van der Waals surface area (Å²) in [6.07, 6.45) is 4.04. The van der Waals surface area contributed by atoms with Gasteiger partial charge in [-0.25, -0.2) is 0 Å². The molecule has 0 atom stereocenters. The summed E-state index contributed by atoms with van der Waals surface area (Å²) in [6, 6.07) is 36.3. The van der Waals surface area contributed by atoms with E-state index in [0.717, 1.165) is 39.2 Å². The molecule has 0 aliphatic carbocycles. The lowest BCUT2D eigenvalue weighted by Crippen LogP contribution is -1.99. The number of imidazole rings is 1.